The number of halogens is 2. The number of aromatic nitrogens is 2. The molecule has 0 saturated carbocycles. The number of hydrogen-bond donors (Lipinski definition) is 2. The van der Waals surface area contributed by atoms with Gasteiger partial charge in [0.1, 0.15) is 35.1 Å². The van der Waals surface area contributed by atoms with Crippen LogP contribution in [-0.4, -0.2) is 73.4 Å². The number of anilines is 1. The molecule has 0 radical (unpaired) electrons. The molecule has 2 aliphatic rings. The van der Waals surface area contributed by atoms with Gasteiger partial charge in [-0.15, -0.1) is 0 Å². The summed E-state index contributed by atoms with van der Waals surface area (Å²) in [5.41, 5.74) is 3.86. The van der Waals surface area contributed by atoms with Gasteiger partial charge in [-0.3, -0.25) is 4.79 Å². The molecule has 3 heterocycles. The summed E-state index contributed by atoms with van der Waals surface area (Å²) in [6.45, 7) is -1.54. The Balaban J connectivity index is 1.75. The Kier molecular flexibility index (Phi) is 5.66. The molecular formula is C19H20F2N6O5S. The van der Waals surface area contributed by atoms with E-state index in [-0.39, 0.29) is 22.8 Å². The summed E-state index contributed by atoms with van der Waals surface area (Å²) in [5.74, 6) is -1.65. The number of methoxy groups -OCH3 is 1. The summed E-state index contributed by atoms with van der Waals surface area (Å²) < 4.78 is 65.8. The quantitative estimate of drug-likeness (QED) is 0.622. The highest BCUT2D eigenvalue weighted by Gasteiger charge is 2.62. The highest BCUT2D eigenvalue weighted by atomic mass is 32.2. The zero-order valence-corrected chi connectivity index (χ0v) is 18.3. The number of nitrogens with two attached hydrogens (primary N) is 1. The zero-order chi connectivity index (χ0) is 24.0. The predicted molar refractivity (Wildman–Crippen MR) is 112 cm³/mol. The van der Waals surface area contributed by atoms with Crippen molar-refractivity contribution in [2.75, 3.05) is 32.8 Å². The van der Waals surface area contributed by atoms with Crippen molar-refractivity contribution >= 4 is 27.6 Å². The maximum atomic E-state index is 15.0. The van der Waals surface area contributed by atoms with Crippen LogP contribution in [0.1, 0.15) is 16.1 Å². The summed E-state index contributed by atoms with van der Waals surface area (Å²) in [6.07, 6.45) is 1.07. The van der Waals surface area contributed by atoms with E-state index in [1.54, 1.807) is 0 Å². The van der Waals surface area contributed by atoms with Gasteiger partial charge in [0.2, 0.25) is 21.9 Å². The number of benzene rings is 1. The van der Waals surface area contributed by atoms with Crippen molar-refractivity contribution in [1.82, 2.24) is 14.3 Å². The molecule has 2 aromatic rings. The highest BCUT2D eigenvalue weighted by molar-refractivity contribution is 7.90. The standard InChI is InChI=1S/C19H20F2N6O5S/c1-27-18(22)26-19(9-32-14(6-20)16(19)33(27,29)30)11-5-10(3-4-12(11)21)25-17(28)13-7-24-15(31-2)8-23-13/h3-5,7-8,14,16H,6,9H2,1-2H3,(H2,22,26)(H,25,28)/t14-,16-,19+/m0/s1. The van der Waals surface area contributed by atoms with E-state index in [4.69, 9.17) is 15.2 Å². The molecule has 0 aliphatic carbocycles. The number of sulfonamides is 1. The minimum Gasteiger partial charge on any atom is -0.480 e. The van der Waals surface area contributed by atoms with E-state index in [1.165, 1.54) is 38.7 Å². The van der Waals surface area contributed by atoms with Gasteiger partial charge in [-0.2, -0.15) is 0 Å². The largest absolute Gasteiger partial charge is 0.480 e. The van der Waals surface area contributed by atoms with E-state index in [0.717, 1.165) is 10.4 Å². The van der Waals surface area contributed by atoms with Gasteiger partial charge < -0.3 is 20.5 Å². The lowest BCUT2D eigenvalue weighted by atomic mass is 9.86. The lowest BCUT2D eigenvalue weighted by Crippen LogP contribution is -2.59. The second-order valence-electron chi connectivity index (χ2n) is 7.42. The normalized spacial score (nSPS) is 25.8. The maximum Gasteiger partial charge on any atom is 0.275 e. The lowest BCUT2D eigenvalue weighted by molar-refractivity contribution is 0.0847. The first kappa shape index (κ1) is 22.8. The summed E-state index contributed by atoms with van der Waals surface area (Å²) in [7, 11) is -1.66. The van der Waals surface area contributed by atoms with Gasteiger partial charge in [0.05, 0.1) is 26.1 Å². The minimum atomic E-state index is -4.23. The maximum absolute atomic E-state index is 15.0. The SMILES string of the molecule is COc1cnc(C(=O)Nc2ccc(F)c([C@]34CO[C@@H](CF)[C@@H]3S(=O)(=O)N(C)C(N)=N4)c2)cn1. The van der Waals surface area contributed by atoms with Gasteiger partial charge in [-0.25, -0.2) is 36.5 Å². The molecular weight excluding hydrogens is 462 g/mol. The van der Waals surface area contributed by atoms with Crippen LogP contribution >= 0.6 is 0 Å². The van der Waals surface area contributed by atoms with Gasteiger partial charge >= 0.3 is 0 Å². The first-order valence-corrected chi connectivity index (χ1v) is 11.1. The molecule has 33 heavy (non-hydrogen) atoms. The van der Waals surface area contributed by atoms with Crippen molar-refractivity contribution < 1.29 is 31.5 Å². The third-order valence-electron chi connectivity index (χ3n) is 5.58. The molecule has 0 bridgehead atoms. The number of nitrogens with zero attached hydrogens (tertiary/aromatic N) is 4. The number of ether oxygens (including phenoxy) is 2. The van der Waals surface area contributed by atoms with Gasteiger partial charge in [0.25, 0.3) is 5.91 Å². The molecule has 3 N–H and O–H groups in total. The molecule has 1 aromatic heterocycles. The van der Waals surface area contributed by atoms with Gasteiger partial charge in [-0.1, -0.05) is 0 Å². The van der Waals surface area contributed by atoms with Crippen molar-refractivity contribution in [1.29, 1.82) is 0 Å². The molecule has 14 heteroatoms. The van der Waals surface area contributed by atoms with Crippen molar-refractivity contribution in [3.8, 4) is 5.88 Å². The fourth-order valence-electron chi connectivity index (χ4n) is 3.91. The van der Waals surface area contributed by atoms with E-state index < -0.39 is 57.9 Å². The fraction of sp³-hybridized carbons (Fsp3) is 0.368. The molecule has 2 aliphatic heterocycles. The number of carbonyl (C=O) groups is 1. The molecule has 176 valence electrons. The van der Waals surface area contributed by atoms with Gasteiger partial charge in [-0.05, 0) is 18.2 Å². The summed E-state index contributed by atoms with van der Waals surface area (Å²) >= 11 is 0. The monoisotopic (exact) mass is 482 g/mol. The zero-order valence-electron chi connectivity index (χ0n) is 17.5. The Morgan fingerprint density at radius 2 is 2.15 bits per heavy atom. The second kappa shape index (κ2) is 8.19. The number of guanidine groups is 1. The number of aliphatic imine (C=N–C) groups is 1. The molecule has 1 saturated heterocycles. The topological polar surface area (TPSA) is 149 Å². The molecule has 0 unspecified atom stereocenters. The van der Waals surface area contributed by atoms with Crippen LogP contribution in [0.3, 0.4) is 0 Å². The lowest BCUT2D eigenvalue weighted by Gasteiger charge is -2.39. The van der Waals surface area contributed by atoms with Crippen LogP contribution in [0, 0.1) is 5.82 Å². The molecule has 11 nitrogen and oxygen atoms in total. The van der Waals surface area contributed by atoms with Crippen LogP contribution < -0.4 is 15.8 Å². The molecule has 1 fully saturated rings. The number of fused-ring (bicyclic) bond motifs is 1. The molecule has 1 aromatic carbocycles. The minimum absolute atomic E-state index is 0.0384. The van der Waals surface area contributed by atoms with E-state index in [9.17, 15) is 17.6 Å². The second-order valence-corrected chi connectivity index (χ2v) is 9.51. The summed E-state index contributed by atoms with van der Waals surface area (Å²) in [6, 6.07) is 3.53. The number of amides is 1. The van der Waals surface area contributed by atoms with Crippen LogP contribution in [0.15, 0.2) is 35.6 Å². The average molecular weight is 482 g/mol. The van der Waals surface area contributed by atoms with Gasteiger partial charge in [0.15, 0.2) is 0 Å². The van der Waals surface area contributed by atoms with Crippen molar-refractivity contribution in [3.63, 3.8) is 0 Å². The van der Waals surface area contributed by atoms with E-state index >= 15 is 4.39 Å². The Morgan fingerprint density at radius 3 is 2.79 bits per heavy atom. The Hall–Kier alpha value is -3.39. The summed E-state index contributed by atoms with van der Waals surface area (Å²) in [4.78, 5) is 24.6. The van der Waals surface area contributed by atoms with Crippen LogP contribution in [0.25, 0.3) is 0 Å². The molecule has 4 rings (SSSR count). The number of nitrogens with one attached hydrogen (secondary N) is 1. The van der Waals surface area contributed by atoms with E-state index in [2.05, 4.69) is 20.3 Å². The smallest absolute Gasteiger partial charge is 0.275 e. The van der Waals surface area contributed by atoms with Crippen molar-refractivity contribution in [3.05, 3.63) is 47.7 Å². The Bertz CT molecular complexity index is 1230. The number of alkyl halides is 1. The number of rotatable bonds is 5. The van der Waals surface area contributed by atoms with Crippen LogP contribution in [0.2, 0.25) is 0 Å². The molecule has 3 atom stereocenters. The fourth-order valence-corrected chi connectivity index (χ4v) is 5.82. The third kappa shape index (κ3) is 3.64. The van der Waals surface area contributed by atoms with Gasteiger partial charge in [0, 0.05) is 18.3 Å². The average Bonchev–Trinajstić information content (AvgIpc) is 3.19. The van der Waals surface area contributed by atoms with Crippen LogP contribution in [0.4, 0.5) is 14.5 Å². The van der Waals surface area contributed by atoms with Crippen molar-refractivity contribution in [2.24, 2.45) is 10.7 Å². The first-order valence-electron chi connectivity index (χ1n) is 9.62. The summed E-state index contributed by atoms with van der Waals surface area (Å²) in [5, 5.41) is 0.986. The highest BCUT2D eigenvalue weighted by Crippen LogP contribution is 2.46. The third-order valence-corrected chi connectivity index (χ3v) is 7.86. The predicted octanol–water partition coefficient (Wildman–Crippen LogP) is 0.399. The number of hydrogen-bond acceptors (Lipinski definition) is 9. The Morgan fingerprint density at radius 1 is 1.39 bits per heavy atom. The molecule has 0 spiro atoms. The molecule has 1 amide bonds. The first-order chi connectivity index (χ1) is 15.6. The van der Waals surface area contributed by atoms with Crippen molar-refractivity contribution in [2.45, 2.75) is 16.9 Å². The van der Waals surface area contributed by atoms with Crippen LogP contribution in [-0.2, 0) is 20.3 Å². The number of carbonyl (C=O) groups excluding carboxylic acids is 1. The van der Waals surface area contributed by atoms with E-state index in [0.29, 0.717) is 0 Å². The van der Waals surface area contributed by atoms with Crippen LogP contribution in [0.5, 0.6) is 5.88 Å². The van der Waals surface area contributed by atoms with E-state index in [1.807, 2.05) is 0 Å². The Labute approximate surface area is 187 Å².